The minimum Gasteiger partial charge on any atom is -0.864 e. The standard InChI is InChI=1S/C15H17N3O4/c1-10(19)18(15(2,3)4)17-13(21)11(12(20)14(17)22)16-8-6-5-7-9-16/h5-9H,1-4H3. The Morgan fingerprint density at radius 1 is 1.14 bits per heavy atom. The van der Waals surface area contributed by atoms with Crippen molar-refractivity contribution in [1.82, 2.24) is 10.0 Å². The van der Waals surface area contributed by atoms with E-state index in [0.29, 0.717) is 5.01 Å². The highest BCUT2D eigenvalue weighted by molar-refractivity contribution is 6.28. The number of carbonyl (C=O) groups is 3. The quantitative estimate of drug-likeness (QED) is 0.541. The van der Waals surface area contributed by atoms with E-state index in [1.165, 1.54) is 23.9 Å². The number of imide groups is 1. The number of pyridine rings is 1. The first-order valence-corrected chi connectivity index (χ1v) is 6.73. The van der Waals surface area contributed by atoms with E-state index in [1.807, 2.05) is 0 Å². The van der Waals surface area contributed by atoms with Gasteiger partial charge in [0.25, 0.3) is 11.6 Å². The number of hydrogen-bond donors (Lipinski definition) is 0. The lowest BCUT2D eigenvalue weighted by Crippen LogP contribution is -2.58. The summed E-state index contributed by atoms with van der Waals surface area (Å²) < 4.78 is 1.28. The Kier molecular flexibility index (Phi) is 3.74. The Morgan fingerprint density at radius 2 is 1.68 bits per heavy atom. The first-order chi connectivity index (χ1) is 10.2. The Morgan fingerprint density at radius 3 is 2.14 bits per heavy atom. The molecule has 0 aliphatic carbocycles. The van der Waals surface area contributed by atoms with Gasteiger partial charge in [-0.15, -0.1) is 0 Å². The summed E-state index contributed by atoms with van der Waals surface area (Å²) in [4.78, 5) is 36.6. The predicted molar refractivity (Wildman–Crippen MR) is 74.0 cm³/mol. The smallest absolute Gasteiger partial charge is 0.344 e. The number of carbonyl (C=O) groups excluding carboxylic acids is 3. The van der Waals surface area contributed by atoms with E-state index in [0.717, 1.165) is 5.01 Å². The first kappa shape index (κ1) is 15.7. The second-order valence-corrected chi connectivity index (χ2v) is 5.88. The summed E-state index contributed by atoms with van der Waals surface area (Å²) in [6, 6.07) is 4.98. The molecule has 2 rings (SSSR count). The van der Waals surface area contributed by atoms with Crippen molar-refractivity contribution in [2.24, 2.45) is 0 Å². The summed E-state index contributed by atoms with van der Waals surface area (Å²) in [5, 5.41) is 13.8. The molecule has 1 aromatic heterocycles. The van der Waals surface area contributed by atoms with Crippen molar-refractivity contribution >= 4 is 23.4 Å². The van der Waals surface area contributed by atoms with Crippen LogP contribution in [0.5, 0.6) is 0 Å². The molecule has 0 saturated heterocycles. The van der Waals surface area contributed by atoms with Gasteiger partial charge in [-0.05, 0) is 20.8 Å². The third kappa shape index (κ3) is 2.45. The molecular weight excluding hydrogens is 286 g/mol. The normalized spacial score (nSPS) is 15.5. The maximum Gasteiger partial charge on any atom is 0.344 e. The molecule has 116 valence electrons. The van der Waals surface area contributed by atoms with Gasteiger partial charge in [-0.3, -0.25) is 14.4 Å². The zero-order valence-corrected chi connectivity index (χ0v) is 12.9. The summed E-state index contributed by atoms with van der Waals surface area (Å²) in [7, 11) is 0. The molecule has 7 nitrogen and oxygen atoms in total. The lowest BCUT2D eigenvalue weighted by Gasteiger charge is -2.39. The molecule has 22 heavy (non-hydrogen) atoms. The molecule has 0 unspecified atom stereocenters. The van der Waals surface area contributed by atoms with E-state index in [4.69, 9.17) is 0 Å². The van der Waals surface area contributed by atoms with Gasteiger partial charge in [-0.1, -0.05) is 6.07 Å². The molecule has 7 heteroatoms. The molecule has 0 bridgehead atoms. The Labute approximate surface area is 128 Å². The van der Waals surface area contributed by atoms with Crippen LogP contribution < -0.4 is 9.67 Å². The lowest BCUT2D eigenvalue weighted by atomic mass is 10.1. The summed E-state index contributed by atoms with van der Waals surface area (Å²) >= 11 is 0. The highest BCUT2D eigenvalue weighted by atomic mass is 16.3. The van der Waals surface area contributed by atoms with Gasteiger partial charge in [-0.2, -0.15) is 9.58 Å². The van der Waals surface area contributed by atoms with Crippen LogP contribution in [0.1, 0.15) is 27.7 Å². The van der Waals surface area contributed by atoms with Crippen molar-refractivity contribution in [2.45, 2.75) is 33.2 Å². The van der Waals surface area contributed by atoms with E-state index in [1.54, 1.807) is 39.0 Å². The van der Waals surface area contributed by atoms with Crippen molar-refractivity contribution in [3.8, 4) is 0 Å². The Bertz CT molecular complexity index is 674. The highest BCUT2D eigenvalue weighted by Gasteiger charge is 2.47. The molecule has 0 atom stereocenters. The zero-order chi connectivity index (χ0) is 16.7. The van der Waals surface area contributed by atoms with Gasteiger partial charge in [0.2, 0.25) is 5.91 Å². The molecule has 0 N–H and O–H groups in total. The number of aromatic nitrogens is 1. The average molecular weight is 303 g/mol. The van der Waals surface area contributed by atoms with Crippen LogP contribution in [0.2, 0.25) is 0 Å². The van der Waals surface area contributed by atoms with Crippen molar-refractivity contribution in [3.63, 3.8) is 0 Å². The van der Waals surface area contributed by atoms with Crippen LogP contribution in [0, 0.1) is 0 Å². The minimum absolute atomic E-state index is 0.291. The maximum atomic E-state index is 12.6. The van der Waals surface area contributed by atoms with Crippen LogP contribution >= 0.6 is 0 Å². The van der Waals surface area contributed by atoms with Crippen LogP contribution in [0.25, 0.3) is 5.70 Å². The average Bonchev–Trinajstić information content (AvgIpc) is 2.62. The third-order valence-electron chi connectivity index (χ3n) is 3.10. The van der Waals surface area contributed by atoms with E-state index in [-0.39, 0.29) is 5.70 Å². The zero-order valence-electron chi connectivity index (χ0n) is 12.9. The molecule has 3 amide bonds. The number of hydrogen-bond acceptors (Lipinski definition) is 4. The molecule has 1 aliphatic rings. The van der Waals surface area contributed by atoms with Gasteiger partial charge < -0.3 is 5.11 Å². The summed E-state index contributed by atoms with van der Waals surface area (Å²) in [5.74, 6) is -3.27. The minimum atomic E-state index is -1.03. The topological polar surface area (TPSA) is 84.6 Å². The molecule has 0 radical (unpaired) electrons. The van der Waals surface area contributed by atoms with Gasteiger partial charge in [0.05, 0.1) is 5.54 Å². The van der Waals surface area contributed by atoms with Crippen molar-refractivity contribution < 1.29 is 24.1 Å². The van der Waals surface area contributed by atoms with Gasteiger partial charge in [-0.25, -0.2) is 5.01 Å². The molecule has 1 aliphatic heterocycles. The number of hydrazine groups is 1. The van der Waals surface area contributed by atoms with Crippen LogP contribution in [0.15, 0.2) is 36.4 Å². The van der Waals surface area contributed by atoms with Crippen LogP contribution in [-0.2, 0) is 14.4 Å². The molecule has 0 saturated carbocycles. The third-order valence-corrected chi connectivity index (χ3v) is 3.10. The predicted octanol–water partition coefficient (Wildman–Crippen LogP) is -0.566. The monoisotopic (exact) mass is 303 g/mol. The van der Waals surface area contributed by atoms with Crippen molar-refractivity contribution in [1.29, 1.82) is 0 Å². The second-order valence-electron chi connectivity index (χ2n) is 5.88. The molecule has 0 aromatic carbocycles. The summed E-state index contributed by atoms with van der Waals surface area (Å²) in [6.07, 6.45) is 2.99. The van der Waals surface area contributed by atoms with Crippen LogP contribution in [0.3, 0.4) is 0 Å². The van der Waals surface area contributed by atoms with E-state index in [2.05, 4.69) is 0 Å². The number of rotatable bonds is 2. The van der Waals surface area contributed by atoms with Crippen molar-refractivity contribution in [3.05, 3.63) is 36.4 Å². The van der Waals surface area contributed by atoms with E-state index < -0.39 is 29.0 Å². The van der Waals surface area contributed by atoms with E-state index in [9.17, 15) is 19.5 Å². The van der Waals surface area contributed by atoms with Gasteiger partial charge in [0, 0.05) is 24.8 Å². The van der Waals surface area contributed by atoms with Crippen molar-refractivity contribution in [2.75, 3.05) is 0 Å². The fourth-order valence-electron chi connectivity index (χ4n) is 2.36. The van der Waals surface area contributed by atoms with Gasteiger partial charge >= 0.3 is 5.91 Å². The largest absolute Gasteiger partial charge is 0.864 e. The van der Waals surface area contributed by atoms with E-state index >= 15 is 0 Å². The summed E-state index contributed by atoms with van der Waals surface area (Å²) in [5.41, 5.74) is -1.12. The van der Waals surface area contributed by atoms with Gasteiger partial charge in [0.1, 0.15) is 0 Å². The molecule has 2 heterocycles. The number of nitrogens with zero attached hydrogens (tertiary/aromatic N) is 3. The molecule has 1 aromatic rings. The maximum absolute atomic E-state index is 12.6. The highest BCUT2D eigenvalue weighted by Crippen LogP contribution is 2.25. The Balaban J connectivity index is 2.51. The van der Waals surface area contributed by atoms with Crippen LogP contribution in [-0.4, -0.2) is 33.3 Å². The molecular formula is C15H17N3O4. The van der Waals surface area contributed by atoms with Crippen LogP contribution in [0.4, 0.5) is 0 Å². The summed E-state index contributed by atoms with van der Waals surface area (Å²) in [6.45, 7) is 6.26. The first-order valence-electron chi connectivity index (χ1n) is 6.73. The SMILES string of the molecule is CC(=O)N(N1C(=O)C([O-])=C([n+]2ccccc2)C1=O)C(C)(C)C. The molecule has 0 spiro atoms. The van der Waals surface area contributed by atoms with Gasteiger partial charge in [0.15, 0.2) is 12.4 Å². The fraction of sp³-hybridized carbons (Fsp3) is 0.333. The second kappa shape index (κ2) is 5.25. The Hall–Kier alpha value is -2.70. The lowest BCUT2D eigenvalue weighted by molar-refractivity contribution is -0.581. The molecule has 0 fully saturated rings. The number of amides is 3. The fourth-order valence-corrected chi connectivity index (χ4v) is 2.36.